The highest BCUT2D eigenvalue weighted by molar-refractivity contribution is 5.97. The molecule has 0 unspecified atom stereocenters. The van der Waals surface area contributed by atoms with Crippen molar-refractivity contribution < 1.29 is 4.79 Å². The van der Waals surface area contributed by atoms with Gasteiger partial charge in [0, 0.05) is 30.2 Å². The molecule has 0 aliphatic rings. The van der Waals surface area contributed by atoms with E-state index in [2.05, 4.69) is 15.6 Å². The number of halogens is 2. The summed E-state index contributed by atoms with van der Waals surface area (Å²) in [6, 6.07) is 9.37. The van der Waals surface area contributed by atoms with Crippen LogP contribution in [0.25, 0.3) is 10.9 Å². The first-order valence-electron chi connectivity index (χ1n) is 6.15. The largest absolute Gasteiger partial charge is 0.351 e. The number of aromatic nitrogens is 1. The molecule has 110 valence electrons. The summed E-state index contributed by atoms with van der Waals surface area (Å²) in [6.45, 7) is 4.38. The highest BCUT2D eigenvalue weighted by Gasteiger charge is 2.05. The molecule has 2 N–H and O–H groups in total. The Morgan fingerprint density at radius 2 is 2.00 bits per heavy atom. The summed E-state index contributed by atoms with van der Waals surface area (Å²) in [5.41, 5.74) is 1.58. The van der Waals surface area contributed by atoms with Gasteiger partial charge in [-0.3, -0.25) is 9.78 Å². The second kappa shape index (κ2) is 9.53. The smallest absolute Gasteiger partial charge is 0.251 e. The van der Waals surface area contributed by atoms with E-state index in [1.165, 1.54) is 0 Å². The molecule has 6 heteroatoms. The molecule has 4 nitrogen and oxygen atoms in total. The Hall–Kier alpha value is -1.36. The number of hydrogen-bond acceptors (Lipinski definition) is 3. The van der Waals surface area contributed by atoms with E-state index in [4.69, 9.17) is 0 Å². The second-order valence-electron chi connectivity index (χ2n) is 4.02. The van der Waals surface area contributed by atoms with Crippen LogP contribution in [0.2, 0.25) is 0 Å². The number of hydrogen-bond donors (Lipinski definition) is 2. The van der Waals surface area contributed by atoms with Crippen LogP contribution in [-0.2, 0) is 0 Å². The van der Waals surface area contributed by atoms with Gasteiger partial charge in [-0.1, -0.05) is 13.0 Å². The molecule has 2 rings (SSSR count). The Kier molecular flexibility index (Phi) is 8.88. The normalized spacial score (nSPS) is 9.45. The average Bonchev–Trinajstić information content (AvgIpc) is 2.43. The van der Waals surface area contributed by atoms with Crippen LogP contribution in [0.1, 0.15) is 17.3 Å². The molecule has 0 saturated carbocycles. The molecule has 0 aliphatic heterocycles. The summed E-state index contributed by atoms with van der Waals surface area (Å²) < 4.78 is 0. The van der Waals surface area contributed by atoms with E-state index in [1.54, 1.807) is 12.3 Å². The number of likely N-dealkylation sites (N-methyl/N-ethyl adjacent to an activating group) is 1. The third-order valence-corrected chi connectivity index (χ3v) is 2.70. The van der Waals surface area contributed by atoms with Gasteiger partial charge in [0.15, 0.2) is 0 Å². The van der Waals surface area contributed by atoms with Crippen molar-refractivity contribution in [2.75, 3.05) is 19.6 Å². The van der Waals surface area contributed by atoms with E-state index >= 15 is 0 Å². The molecule has 0 spiro atoms. The van der Waals surface area contributed by atoms with Gasteiger partial charge < -0.3 is 10.6 Å². The Morgan fingerprint density at radius 1 is 1.20 bits per heavy atom. The number of rotatable bonds is 5. The Morgan fingerprint density at radius 3 is 2.75 bits per heavy atom. The van der Waals surface area contributed by atoms with Gasteiger partial charge in [0.05, 0.1) is 5.52 Å². The molecule has 20 heavy (non-hydrogen) atoms. The van der Waals surface area contributed by atoms with E-state index < -0.39 is 0 Å². The van der Waals surface area contributed by atoms with Crippen LogP contribution in [0.15, 0.2) is 36.5 Å². The summed E-state index contributed by atoms with van der Waals surface area (Å²) in [7, 11) is 0. The molecule has 0 atom stereocenters. The van der Waals surface area contributed by atoms with Crippen molar-refractivity contribution in [1.82, 2.24) is 15.6 Å². The summed E-state index contributed by atoms with van der Waals surface area (Å²) in [5, 5.41) is 7.02. The minimum absolute atomic E-state index is 0. The van der Waals surface area contributed by atoms with Crippen LogP contribution < -0.4 is 10.6 Å². The van der Waals surface area contributed by atoms with Gasteiger partial charge in [0.25, 0.3) is 5.91 Å². The van der Waals surface area contributed by atoms with Crippen LogP contribution in [-0.4, -0.2) is 30.5 Å². The number of carbonyl (C=O) groups excluding carboxylic acids is 1. The number of benzene rings is 1. The molecule has 1 heterocycles. The molecular formula is C14H19Cl2N3O. The van der Waals surface area contributed by atoms with Crippen LogP contribution >= 0.6 is 24.8 Å². The maximum absolute atomic E-state index is 11.9. The first-order valence-corrected chi connectivity index (χ1v) is 6.15. The fourth-order valence-electron chi connectivity index (χ4n) is 1.76. The molecular weight excluding hydrogens is 297 g/mol. The monoisotopic (exact) mass is 315 g/mol. The van der Waals surface area contributed by atoms with Gasteiger partial charge in [-0.25, -0.2) is 0 Å². The predicted molar refractivity (Wildman–Crippen MR) is 87.1 cm³/mol. The minimum Gasteiger partial charge on any atom is -0.351 e. The van der Waals surface area contributed by atoms with E-state index in [9.17, 15) is 4.79 Å². The molecule has 1 aromatic heterocycles. The quantitative estimate of drug-likeness (QED) is 0.833. The lowest BCUT2D eigenvalue weighted by molar-refractivity contribution is 0.0954. The highest BCUT2D eigenvalue weighted by Crippen LogP contribution is 2.12. The van der Waals surface area contributed by atoms with Crippen molar-refractivity contribution >= 4 is 41.6 Å². The summed E-state index contributed by atoms with van der Waals surface area (Å²) >= 11 is 0. The topological polar surface area (TPSA) is 54.0 Å². The standard InChI is InChI=1S/C14H17N3O.2ClH/c1-2-15-8-9-17-14(18)12-5-6-13-11(10-12)4-3-7-16-13;;/h3-7,10,15H,2,8-9H2,1H3,(H,17,18);2*1H. The maximum atomic E-state index is 11.9. The highest BCUT2D eigenvalue weighted by atomic mass is 35.5. The number of fused-ring (bicyclic) bond motifs is 1. The second-order valence-corrected chi connectivity index (χ2v) is 4.02. The van der Waals surface area contributed by atoms with Crippen LogP contribution in [0, 0.1) is 0 Å². The first-order chi connectivity index (χ1) is 8.81. The van der Waals surface area contributed by atoms with Gasteiger partial charge in [-0.2, -0.15) is 0 Å². The lowest BCUT2D eigenvalue weighted by atomic mass is 10.1. The molecule has 0 fully saturated rings. The van der Waals surface area contributed by atoms with Crippen LogP contribution in [0.4, 0.5) is 0 Å². The SMILES string of the molecule is CCNCCNC(=O)c1ccc2ncccc2c1.Cl.Cl. The van der Waals surface area contributed by atoms with Crippen molar-refractivity contribution in [3.8, 4) is 0 Å². The molecule has 1 aromatic carbocycles. The Bertz CT molecular complexity index is 549. The lowest BCUT2D eigenvalue weighted by Gasteiger charge is -2.06. The van der Waals surface area contributed by atoms with Crippen LogP contribution in [0.3, 0.4) is 0 Å². The molecule has 0 bridgehead atoms. The Balaban J connectivity index is 0.00000180. The number of nitrogens with zero attached hydrogens (tertiary/aromatic N) is 1. The van der Waals surface area contributed by atoms with Gasteiger partial charge in [-0.05, 0) is 30.8 Å². The third-order valence-electron chi connectivity index (χ3n) is 2.70. The predicted octanol–water partition coefficient (Wildman–Crippen LogP) is 2.42. The van der Waals surface area contributed by atoms with Crippen LogP contribution in [0.5, 0.6) is 0 Å². The van der Waals surface area contributed by atoms with Crippen molar-refractivity contribution in [3.05, 3.63) is 42.1 Å². The van der Waals surface area contributed by atoms with E-state index in [-0.39, 0.29) is 30.7 Å². The molecule has 2 aromatic rings. The van der Waals surface area contributed by atoms with Gasteiger partial charge in [0.2, 0.25) is 0 Å². The summed E-state index contributed by atoms with van der Waals surface area (Å²) in [5.74, 6) is -0.0429. The number of carbonyl (C=O) groups is 1. The zero-order valence-corrected chi connectivity index (χ0v) is 12.9. The van der Waals surface area contributed by atoms with E-state index in [1.807, 2.05) is 31.2 Å². The Labute approximate surface area is 131 Å². The number of pyridine rings is 1. The molecule has 0 aliphatic carbocycles. The first kappa shape index (κ1) is 18.6. The van der Waals surface area contributed by atoms with E-state index in [0.29, 0.717) is 12.1 Å². The van der Waals surface area contributed by atoms with E-state index in [0.717, 1.165) is 24.0 Å². The van der Waals surface area contributed by atoms with Crippen molar-refractivity contribution in [1.29, 1.82) is 0 Å². The molecule has 1 amide bonds. The zero-order valence-electron chi connectivity index (χ0n) is 11.3. The van der Waals surface area contributed by atoms with Gasteiger partial charge in [-0.15, -0.1) is 24.8 Å². The fourth-order valence-corrected chi connectivity index (χ4v) is 1.76. The fraction of sp³-hybridized carbons (Fsp3) is 0.286. The maximum Gasteiger partial charge on any atom is 0.251 e. The summed E-state index contributed by atoms with van der Waals surface area (Å²) in [4.78, 5) is 16.1. The molecule has 0 saturated heterocycles. The third kappa shape index (κ3) is 4.96. The van der Waals surface area contributed by atoms with Gasteiger partial charge >= 0.3 is 0 Å². The number of nitrogens with one attached hydrogen (secondary N) is 2. The van der Waals surface area contributed by atoms with Crippen molar-refractivity contribution in [2.24, 2.45) is 0 Å². The van der Waals surface area contributed by atoms with Crippen molar-refractivity contribution in [3.63, 3.8) is 0 Å². The molecule has 0 radical (unpaired) electrons. The van der Waals surface area contributed by atoms with Gasteiger partial charge in [0.1, 0.15) is 0 Å². The summed E-state index contributed by atoms with van der Waals surface area (Å²) in [6.07, 6.45) is 1.75. The minimum atomic E-state index is -0.0429. The number of amides is 1. The van der Waals surface area contributed by atoms with Crippen molar-refractivity contribution in [2.45, 2.75) is 6.92 Å². The average molecular weight is 316 g/mol. The lowest BCUT2D eigenvalue weighted by Crippen LogP contribution is -2.31. The zero-order chi connectivity index (χ0) is 12.8.